The lowest BCUT2D eigenvalue weighted by Crippen LogP contribution is -2.24. The number of rotatable bonds is 0. The topological polar surface area (TPSA) is 43.4 Å². The van der Waals surface area contributed by atoms with Crippen LogP contribution in [-0.4, -0.2) is 11.9 Å². The molecular weight excluding hydrogens is 228 g/mol. The molecule has 4 rings (SSSR count). The Morgan fingerprint density at radius 3 is 1.94 bits per heavy atom. The summed E-state index contributed by atoms with van der Waals surface area (Å²) in [5, 5.41) is 0. The van der Waals surface area contributed by atoms with Crippen LogP contribution >= 0.6 is 0 Å². The summed E-state index contributed by atoms with van der Waals surface area (Å²) in [5.41, 5.74) is 3.10. The third kappa shape index (κ3) is 1.25. The monoisotopic (exact) mass is 246 g/mol. The van der Waals surface area contributed by atoms with E-state index in [9.17, 15) is 9.59 Å². The highest BCUT2D eigenvalue weighted by molar-refractivity contribution is 5.98. The SMILES string of the molecule is O=C1OC(=O)[C@H]2[C@H]1[C@H]1CC[C@H]2C1=C1CCCCC1. The number of ether oxygens (including phenoxy) is 1. The summed E-state index contributed by atoms with van der Waals surface area (Å²) in [6.07, 6.45) is 8.48. The number of carbonyl (C=O) groups excluding carboxylic acids is 2. The summed E-state index contributed by atoms with van der Waals surface area (Å²) < 4.78 is 4.84. The van der Waals surface area contributed by atoms with E-state index >= 15 is 0 Å². The first-order valence-corrected chi connectivity index (χ1v) is 7.24. The molecule has 0 amide bonds. The second-order valence-electron chi connectivity index (χ2n) is 6.20. The summed E-state index contributed by atoms with van der Waals surface area (Å²) in [6, 6.07) is 0. The van der Waals surface area contributed by atoms with Gasteiger partial charge in [-0.05, 0) is 50.4 Å². The smallest absolute Gasteiger partial charge is 0.318 e. The number of cyclic esters (lactones) is 2. The summed E-state index contributed by atoms with van der Waals surface area (Å²) in [5.74, 6) is -0.0577. The van der Waals surface area contributed by atoms with Crippen LogP contribution in [0.15, 0.2) is 11.1 Å². The molecule has 4 aliphatic rings. The molecule has 0 aromatic heterocycles. The summed E-state index contributed by atoms with van der Waals surface area (Å²) >= 11 is 0. The highest BCUT2D eigenvalue weighted by Gasteiger charge is 2.62. The fraction of sp³-hybridized carbons (Fsp3) is 0.733. The van der Waals surface area contributed by atoms with Gasteiger partial charge in [0.05, 0.1) is 11.8 Å². The maximum atomic E-state index is 11.8. The number of hydrogen-bond donors (Lipinski definition) is 0. The first kappa shape index (κ1) is 10.8. The largest absolute Gasteiger partial charge is 0.393 e. The van der Waals surface area contributed by atoms with Gasteiger partial charge >= 0.3 is 11.9 Å². The number of allylic oxidation sites excluding steroid dienone is 2. The van der Waals surface area contributed by atoms with E-state index in [1.165, 1.54) is 37.7 Å². The maximum Gasteiger partial charge on any atom is 0.318 e. The molecule has 3 nitrogen and oxygen atoms in total. The molecule has 0 aromatic carbocycles. The van der Waals surface area contributed by atoms with Crippen molar-refractivity contribution in [3.63, 3.8) is 0 Å². The maximum absolute atomic E-state index is 11.8. The lowest BCUT2D eigenvalue weighted by atomic mass is 9.81. The van der Waals surface area contributed by atoms with Crippen molar-refractivity contribution in [2.75, 3.05) is 0 Å². The van der Waals surface area contributed by atoms with Gasteiger partial charge in [-0.15, -0.1) is 0 Å². The molecule has 3 saturated carbocycles. The van der Waals surface area contributed by atoms with Crippen molar-refractivity contribution in [2.24, 2.45) is 23.7 Å². The van der Waals surface area contributed by atoms with E-state index in [0.717, 1.165) is 12.8 Å². The Kier molecular flexibility index (Phi) is 2.21. The van der Waals surface area contributed by atoms with Crippen LogP contribution in [0.1, 0.15) is 44.9 Å². The molecule has 96 valence electrons. The van der Waals surface area contributed by atoms with Gasteiger partial charge in [0.1, 0.15) is 0 Å². The molecule has 18 heavy (non-hydrogen) atoms. The van der Waals surface area contributed by atoms with Gasteiger partial charge in [0.2, 0.25) is 0 Å². The number of carbonyl (C=O) groups is 2. The quantitative estimate of drug-likeness (QED) is 0.375. The van der Waals surface area contributed by atoms with Gasteiger partial charge in [0.25, 0.3) is 0 Å². The van der Waals surface area contributed by atoms with Crippen LogP contribution < -0.4 is 0 Å². The van der Waals surface area contributed by atoms with Crippen LogP contribution in [-0.2, 0) is 14.3 Å². The van der Waals surface area contributed by atoms with E-state index in [2.05, 4.69) is 0 Å². The summed E-state index contributed by atoms with van der Waals surface area (Å²) in [4.78, 5) is 23.6. The Labute approximate surface area is 107 Å². The molecule has 3 heteroatoms. The Morgan fingerprint density at radius 2 is 1.39 bits per heavy atom. The first-order chi connectivity index (χ1) is 8.77. The van der Waals surface area contributed by atoms with Crippen molar-refractivity contribution in [1.82, 2.24) is 0 Å². The Bertz CT molecular complexity index is 424. The van der Waals surface area contributed by atoms with Gasteiger partial charge in [-0.1, -0.05) is 17.6 Å². The average molecular weight is 246 g/mol. The minimum absolute atomic E-state index is 0.124. The standard InChI is InChI=1S/C15H18O3/c16-14-12-9-6-7-10(13(12)15(17)18-14)11(9)8-4-2-1-3-5-8/h9-10,12-13H,1-7H2/t9-,10-,12+,13+/m0/s1. The molecule has 0 aromatic rings. The number of esters is 2. The van der Waals surface area contributed by atoms with Crippen molar-refractivity contribution in [1.29, 1.82) is 0 Å². The zero-order valence-corrected chi connectivity index (χ0v) is 10.5. The van der Waals surface area contributed by atoms with E-state index in [-0.39, 0.29) is 23.8 Å². The van der Waals surface area contributed by atoms with Crippen molar-refractivity contribution in [2.45, 2.75) is 44.9 Å². The lowest BCUT2D eigenvalue weighted by molar-refractivity contribution is -0.154. The molecule has 0 spiro atoms. The molecule has 2 bridgehead atoms. The second kappa shape index (κ2) is 3.69. The predicted octanol–water partition coefficient (Wildman–Crippen LogP) is 2.60. The Morgan fingerprint density at radius 1 is 0.833 bits per heavy atom. The Hall–Kier alpha value is -1.12. The molecule has 0 N–H and O–H groups in total. The van der Waals surface area contributed by atoms with Crippen LogP contribution in [0, 0.1) is 23.7 Å². The zero-order valence-electron chi connectivity index (χ0n) is 10.5. The zero-order chi connectivity index (χ0) is 12.3. The van der Waals surface area contributed by atoms with Gasteiger partial charge in [-0.25, -0.2) is 0 Å². The van der Waals surface area contributed by atoms with Crippen LogP contribution in [0.3, 0.4) is 0 Å². The highest BCUT2D eigenvalue weighted by atomic mass is 16.6. The second-order valence-corrected chi connectivity index (χ2v) is 6.20. The van der Waals surface area contributed by atoms with E-state index < -0.39 is 0 Å². The van der Waals surface area contributed by atoms with Crippen LogP contribution in [0.2, 0.25) is 0 Å². The van der Waals surface area contributed by atoms with Crippen molar-refractivity contribution < 1.29 is 14.3 Å². The van der Waals surface area contributed by atoms with Crippen LogP contribution in [0.5, 0.6) is 0 Å². The molecule has 3 aliphatic carbocycles. The molecule has 1 heterocycles. The molecule has 0 radical (unpaired) electrons. The fourth-order valence-electron chi connectivity index (χ4n) is 4.84. The third-order valence-electron chi connectivity index (χ3n) is 5.45. The minimum atomic E-state index is -0.244. The predicted molar refractivity (Wildman–Crippen MR) is 64.4 cm³/mol. The number of fused-ring (bicyclic) bond motifs is 5. The van der Waals surface area contributed by atoms with Crippen molar-refractivity contribution >= 4 is 11.9 Å². The lowest BCUT2D eigenvalue weighted by Gasteiger charge is -2.20. The molecule has 0 unspecified atom stereocenters. The molecule has 1 aliphatic heterocycles. The van der Waals surface area contributed by atoms with Gasteiger partial charge in [0.15, 0.2) is 0 Å². The number of hydrogen-bond acceptors (Lipinski definition) is 3. The van der Waals surface area contributed by atoms with Gasteiger partial charge in [0, 0.05) is 0 Å². The Balaban J connectivity index is 1.76. The summed E-state index contributed by atoms with van der Waals surface area (Å²) in [6.45, 7) is 0. The molecule has 1 saturated heterocycles. The van der Waals surface area contributed by atoms with Crippen molar-refractivity contribution in [3.05, 3.63) is 11.1 Å². The van der Waals surface area contributed by atoms with E-state index in [1.807, 2.05) is 0 Å². The van der Waals surface area contributed by atoms with E-state index in [1.54, 1.807) is 5.57 Å². The summed E-state index contributed by atoms with van der Waals surface area (Å²) in [7, 11) is 0. The normalized spacial score (nSPS) is 42.4. The fourth-order valence-corrected chi connectivity index (χ4v) is 4.84. The highest BCUT2D eigenvalue weighted by Crippen LogP contribution is 2.60. The van der Waals surface area contributed by atoms with Gasteiger partial charge in [-0.3, -0.25) is 9.59 Å². The average Bonchev–Trinajstić information content (AvgIpc) is 3.02. The van der Waals surface area contributed by atoms with Gasteiger partial charge < -0.3 is 4.74 Å². The van der Waals surface area contributed by atoms with Crippen molar-refractivity contribution in [3.8, 4) is 0 Å². The van der Waals surface area contributed by atoms with Crippen LogP contribution in [0.4, 0.5) is 0 Å². The first-order valence-electron chi connectivity index (χ1n) is 7.24. The van der Waals surface area contributed by atoms with Crippen LogP contribution in [0.25, 0.3) is 0 Å². The van der Waals surface area contributed by atoms with E-state index in [0.29, 0.717) is 11.8 Å². The third-order valence-corrected chi connectivity index (χ3v) is 5.45. The molecular formula is C15H18O3. The molecule has 4 atom stereocenters. The van der Waals surface area contributed by atoms with Gasteiger partial charge in [-0.2, -0.15) is 0 Å². The molecule has 4 fully saturated rings. The minimum Gasteiger partial charge on any atom is -0.393 e. The van der Waals surface area contributed by atoms with E-state index in [4.69, 9.17) is 4.74 Å².